The van der Waals surface area contributed by atoms with E-state index in [0.717, 1.165) is 4.88 Å². The lowest BCUT2D eigenvalue weighted by molar-refractivity contribution is -0.384. The second-order valence-corrected chi connectivity index (χ2v) is 9.86. The fraction of sp³-hybridized carbons (Fsp3) is 0.333. The molecule has 1 aromatic carbocycles. The van der Waals surface area contributed by atoms with E-state index >= 15 is 0 Å². The largest absolute Gasteiger partial charge is 0.463 e. The van der Waals surface area contributed by atoms with Gasteiger partial charge in [-0.15, -0.1) is 11.3 Å². The maximum absolute atomic E-state index is 13.5. The highest BCUT2D eigenvalue weighted by molar-refractivity contribution is 7.10. The molecule has 9 heteroatoms. The van der Waals surface area contributed by atoms with Gasteiger partial charge in [0.15, 0.2) is 5.78 Å². The summed E-state index contributed by atoms with van der Waals surface area (Å²) in [5.74, 6) is -1.06. The van der Waals surface area contributed by atoms with E-state index in [0.29, 0.717) is 29.8 Å². The predicted molar refractivity (Wildman–Crippen MR) is 126 cm³/mol. The Labute approximate surface area is 195 Å². The quantitative estimate of drug-likeness (QED) is 0.387. The highest BCUT2D eigenvalue weighted by Crippen LogP contribution is 2.51. The molecule has 0 bridgehead atoms. The van der Waals surface area contributed by atoms with Gasteiger partial charge >= 0.3 is 5.97 Å². The smallest absolute Gasteiger partial charge is 0.338 e. The SMILES string of the molecule is CCOC(=O)C1=C(N)N(c2ccc([N+](=O)[O-])cc2)C2=C(C(=O)CC(C)(C)C2)[C@H]1c1cccs1. The number of thiophene rings is 1. The van der Waals surface area contributed by atoms with E-state index in [-0.39, 0.29) is 34.9 Å². The second kappa shape index (κ2) is 8.47. The minimum atomic E-state index is -0.614. The zero-order valence-corrected chi connectivity index (χ0v) is 19.5. The van der Waals surface area contributed by atoms with E-state index in [1.54, 1.807) is 24.0 Å². The highest BCUT2D eigenvalue weighted by atomic mass is 32.1. The van der Waals surface area contributed by atoms with Crippen LogP contribution in [0.15, 0.2) is 64.4 Å². The lowest BCUT2D eigenvalue weighted by Gasteiger charge is -2.44. The number of esters is 1. The van der Waals surface area contributed by atoms with Gasteiger partial charge in [-0.3, -0.25) is 19.8 Å². The molecule has 1 aliphatic carbocycles. The number of nitro groups is 1. The number of anilines is 1. The summed E-state index contributed by atoms with van der Waals surface area (Å²) in [6.07, 6.45) is 0.904. The Morgan fingerprint density at radius 2 is 1.97 bits per heavy atom. The van der Waals surface area contributed by atoms with Crippen LogP contribution in [0, 0.1) is 15.5 Å². The van der Waals surface area contributed by atoms with Gasteiger partial charge in [-0.2, -0.15) is 0 Å². The number of ether oxygens (including phenoxy) is 1. The molecule has 2 aromatic rings. The van der Waals surface area contributed by atoms with Crippen LogP contribution in [0.25, 0.3) is 0 Å². The topological polar surface area (TPSA) is 116 Å². The molecule has 0 unspecified atom stereocenters. The summed E-state index contributed by atoms with van der Waals surface area (Å²) in [5, 5.41) is 13.0. The molecule has 2 N–H and O–H groups in total. The van der Waals surface area contributed by atoms with Crippen LogP contribution in [0.2, 0.25) is 0 Å². The van der Waals surface area contributed by atoms with Gasteiger partial charge in [0.1, 0.15) is 5.82 Å². The summed E-state index contributed by atoms with van der Waals surface area (Å²) in [6, 6.07) is 9.69. The summed E-state index contributed by atoms with van der Waals surface area (Å²) in [6.45, 7) is 5.91. The van der Waals surface area contributed by atoms with Crippen molar-refractivity contribution in [2.45, 2.75) is 39.5 Å². The van der Waals surface area contributed by atoms with Gasteiger partial charge < -0.3 is 10.5 Å². The molecule has 172 valence electrons. The number of Topliss-reactive ketones (excluding diaryl/α,β-unsaturated/α-hetero) is 1. The van der Waals surface area contributed by atoms with Crippen molar-refractivity contribution in [3.63, 3.8) is 0 Å². The third-order valence-corrected chi connectivity index (χ3v) is 6.84. The fourth-order valence-corrected chi connectivity index (χ4v) is 5.42. The van der Waals surface area contributed by atoms with E-state index in [4.69, 9.17) is 10.5 Å². The van der Waals surface area contributed by atoms with Crippen molar-refractivity contribution >= 4 is 34.5 Å². The molecule has 0 saturated heterocycles. The first-order chi connectivity index (χ1) is 15.6. The summed E-state index contributed by atoms with van der Waals surface area (Å²) in [5.41, 5.74) is 8.29. The lowest BCUT2D eigenvalue weighted by atomic mass is 9.69. The van der Waals surface area contributed by atoms with Crippen LogP contribution in [0.5, 0.6) is 0 Å². The zero-order chi connectivity index (χ0) is 23.9. The number of nitrogens with zero attached hydrogens (tertiary/aromatic N) is 2. The summed E-state index contributed by atoms with van der Waals surface area (Å²) in [4.78, 5) is 39.8. The van der Waals surface area contributed by atoms with E-state index in [1.807, 2.05) is 31.4 Å². The molecule has 1 atom stereocenters. The Kier molecular flexibility index (Phi) is 5.84. The molecular formula is C24H25N3O5S. The van der Waals surface area contributed by atoms with Gasteiger partial charge in [0, 0.05) is 40.4 Å². The average Bonchev–Trinajstić information content (AvgIpc) is 3.27. The van der Waals surface area contributed by atoms with Gasteiger partial charge in [-0.1, -0.05) is 19.9 Å². The van der Waals surface area contributed by atoms with Crippen molar-refractivity contribution < 1.29 is 19.2 Å². The monoisotopic (exact) mass is 467 g/mol. The number of ketones is 1. The van der Waals surface area contributed by atoms with Crippen LogP contribution in [-0.4, -0.2) is 23.3 Å². The van der Waals surface area contributed by atoms with E-state index in [9.17, 15) is 19.7 Å². The lowest BCUT2D eigenvalue weighted by Crippen LogP contribution is -2.43. The molecule has 1 aliphatic heterocycles. The van der Waals surface area contributed by atoms with Gasteiger partial charge in [0.05, 0.1) is 23.0 Å². The Morgan fingerprint density at radius 3 is 2.55 bits per heavy atom. The Balaban J connectivity index is 1.98. The Bertz CT molecular complexity index is 1180. The first-order valence-corrected chi connectivity index (χ1v) is 11.5. The minimum absolute atomic E-state index is 0.0409. The third kappa shape index (κ3) is 4.04. The van der Waals surface area contributed by atoms with Crippen molar-refractivity contribution in [1.82, 2.24) is 0 Å². The predicted octanol–water partition coefficient (Wildman–Crippen LogP) is 4.64. The molecule has 8 nitrogen and oxygen atoms in total. The zero-order valence-electron chi connectivity index (χ0n) is 18.7. The number of non-ortho nitro benzene ring substituents is 1. The van der Waals surface area contributed by atoms with Crippen LogP contribution < -0.4 is 10.6 Å². The van der Waals surface area contributed by atoms with Crippen LogP contribution in [0.4, 0.5) is 11.4 Å². The van der Waals surface area contributed by atoms with Crippen molar-refractivity contribution in [2.75, 3.05) is 11.5 Å². The van der Waals surface area contributed by atoms with Crippen molar-refractivity contribution in [2.24, 2.45) is 11.1 Å². The van der Waals surface area contributed by atoms with Crippen LogP contribution in [-0.2, 0) is 14.3 Å². The van der Waals surface area contributed by atoms with Crippen molar-refractivity contribution in [3.05, 3.63) is 79.4 Å². The number of carbonyl (C=O) groups excluding carboxylic acids is 2. The van der Waals surface area contributed by atoms with Gasteiger partial charge in [-0.25, -0.2) is 4.79 Å². The molecule has 0 fully saturated rings. The summed E-state index contributed by atoms with van der Waals surface area (Å²) in [7, 11) is 0. The van der Waals surface area contributed by atoms with Gasteiger partial charge in [0.2, 0.25) is 0 Å². The number of carbonyl (C=O) groups is 2. The first kappa shape index (κ1) is 22.7. The van der Waals surface area contributed by atoms with Crippen molar-refractivity contribution in [1.29, 1.82) is 0 Å². The molecule has 0 spiro atoms. The number of hydrogen-bond acceptors (Lipinski definition) is 8. The van der Waals surface area contributed by atoms with E-state index < -0.39 is 16.8 Å². The van der Waals surface area contributed by atoms with Crippen molar-refractivity contribution in [3.8, 4) is 0 Å². The van der Waals surface area contributed by atoms with Gasteiger partial charge in [0.25, 0.3) is 5.69 Å². The fourth-order valence-electron chi connectivity index (χ4n) is 4.58. The van der Waals surface area contributed by atoms with Crippen LogP contribution in [0.1, 0.15) is 44.4 Å². The number of nitrogens with two attached hydrogens (primary N) is 1. The standard InChI is InChI=1S/C24H25N3O5S/c1-4-32-23(29)21-20(18-6-5-11-33-18)19-16(12-24(2,3)13-17(19)28)26(22(21)25)14-7-9-15(10-8-14)27(30)31/h5-11,20H,4,12-13,25H2,1-3H3/t20-/m1/s1. The second-order valence-electron chi connectivity index (χ2n) is 8.88. The number of rotatable bonds is 5. The van der Waals surface area contributed by atoms with Crippen LogP contribution >= 0.6 is 11.3 Å². The minimum Gasteiger partial charge on any atom is -0.463 e. The van der Waals surface area contributed by atoms with E-state index in [1.165, 1.54) is 23.5 Å². The molecule has 2 aliphatic rings. The average molecular weight is 468 g/mol. The molecule has 2 heterocycles. The number of benzene rings is 1. The van der Waals surface area contributed by atoms with Gasteiger partial charge in [-0.05, 0) is 42.3 Å². The Hall–Kier alpha value is -3.46. The molecule has 0 saturated carbocycles. The third-order valence-electron chi connectivity index (χ3n) is 5.90. The number of nitro benzene ring substituents is 1. The summed E-state index contributed by atoms with van der Waals surface area (Å²) >= 11 is 1.45. The Morgan fingerprint density at radius 1 is 1.27 bits per heavy atom. The molecule has 33 heavy (non-hydrogen) atoms. The molecular weight excluding hydrogens is 442 g/mol. The molecule has 0 radical (unpaired) electrons. The van der Waals surface area contributed by atoms with E-state index in [2.05, 4.69) is 0 Å². The molecule has 1 aromatic heterocycles. The molecule has 0 amide bonds. The molecule has 4 rings (SSSR count). The maximum atomic E-state index is 13.5. The summed E-state index contributed by atoms with van der Waals surface area (Å²) < 4.78 is 5.35. The first-order valence-electron chi connectivity index (χ1n) is 10.7. The highest BCUT2D eigenvalue weighted by Gasteiger charge is 2.46. The number of hydrogen-bond donors (Lipinski definition) is 1. The normalized spacial score (nSPS) is 20.0. The van der Waals surface area contributed by atoms with Crippen LogP contribution in [0.3, 0.4) is 0 Å². The maximum Gasteiger partial charge on any atom is 0.338 e. The number of allylic oxidation sites excluding steroid dienone is 2.